The number of methoxy groups -OCH3 is 1. The number of benzene rings is 4. The predicted molar refractivity (Wildman–Crippen MR) is 164 cm³/mol. The van der Waals surface area contributed by atoms with Crippen molar-refractivity contribution in [2.45, 2.75) is 11.8 Å². The van der Waals surface area contributed by atoms with Crippen molar-refractivity contribution in [2.24, 2.45) is 0 Å². The molecule has 1 aliphatic rings. The van der Waals surface area contributed by atoms with Crippen molar-refractivity contribution in [1.82, 2.24) is 0 Å². The first-order valence-corrected chi connectivity index (χ1v) is 14.0. The van der Waals surface area contributed by atoms with Crippen molar-refractivity contribution in [3.63, 3.8) is 0 Å². The SMILES string of the molecule is COc1ccc(C)cc1NC1=C(Sc2ccc(NC(=O)c3ccc(Cl)cc3Cl)cc2)C(=O)N(c2ccccc2)C1=O. The molecule has 3 amide bonds. The number of anilines is 3. The average Bonchev–Trinajstić information content (AvgIpc) is 3.18. The third-order valence-electron chi connectivity index (χ3n) is 6.18. The van der Waals surface area contributed by atoms with Gasteiger partial charge in [0.2, 0.25) is 0 Å². The van der Waals surface area contributed by atoms with Crippen molar-refractivity contribution >= 4 is 69.7 Å². The molecule has 4 aromatic rings. The number of carbonyl (C=O) groups excluding carboxylic acids is 3. The largest absolute Gasteiger partial charge is 0.495 e. The highest BCUT2D eigenvalue weighted by molar-refractivity contribution is 8.04. The fourth-order valence-corrected chi connectivity index (χ4v) is 5.60. The van der Waals surface area contributed by atoms with Crippen LogP contribution in [0.4, 0.5) is 17.1 Å². The minimum atomic E-state index is -0.476. The molecule has 1 heterocycles. The summed E-state index contributed by atoms with van der Waals surface area (Å²) in [4.78, 5) is 42.0. The number of nitrogens with zero attached hydrogens (tertiary/aromatic N) is 1. The quantitative estimate of drug-likeness (QED) is 0.202. The van der Waals surface area contributed by atoms with E-state index in [1.54, 1.807) is 73.8 Å². The summed E-state index contributed by atoms with van der Waals surface area (Å²) < 4.78 is 5.48. The highest BCUT2D eigenvalue weighted by Gasteiger charge is 2.40. The molecular weight excluding hydrogens is 581 g/mol. The number of aryl methyl sites for hydroxylation is 1. The second-order valence-electron chi connectivity index (χ2n) is 9.02. The maximum absolute atomic E-state index is 13.6. The lowest BCUT2D eigenvalue weighted by Gasteiger charge is -2.16. The number of amides is 3. The zero-order valence-electron chi connectivity index (χ0n) is 21.9. The van der Waals surface area contributed by atoms with Crippen LogP contribution in [0.15, 0.2) is 106 Å². The first-order chi connectivity index (χ1) is 19.7. The summed E-state index contributed by atoms with van der Waals surface area (Å²) in [5.41, 5.74) is 2.95. The molecule has 206 valence electrons. The van der Waals surface area contributed by atoms with E-state index in [4.69, 9.17) is 27.9 Å². The highest BCUT2D eigenvalue weighted by Crippen LogP contribution is 2.39. The molecule has 0 saturated carbocycles. The molecule has 10 heteroatoms. The van der Waals surface area contributed by atoms with Crippen molar-refractivity contribution in [3.8, 4) is 5.75 Å². The van der Waals surface area contributed by atoms with Gasteiger partial charge in [-0.2, -0.15) is 0 Å². The third kappa shape index (κ3) is 6.10. The van der Waals surface area contributed by atoms with Crippen molar-refractivity contribution in [3.05, 3.63) is 123 Å². The van der Waals surface area contributed by atoms with Gasteiger partial charge in [-0.1, -0.05) is 59.2 Å². The molecule has 0 saturated heterocycles. The summed E-state index contributed by atoms with van der Waals surface area (Å²) in [6.45, 7) is 1.92. The maximum Gasteiger partial charge on any atom is 0.283 e. The van der Waals surface area contributed by atoms with Gasteiger partial charge >= 0.3 is 0 Å². The van der Waals surface area contributed by atoms with E-state index in [0.29, 0.717) is 32.7 Å². The van der Waals surface area contributed by atoms with Crippen LogP contribution in [0.2, 0.25) is 10.0 Å². The van der Waals surface area contributed by atoms with Gasteiger partial charge in [-0.15, -0.1) is 0 Å². The van der Waals surface area contributed by atoms with E-state index >= 15 is 0 Å². The third-order valence-corrected chi connectivity index (χ3v) is 7.82. The van der Waals surface area contributed by atoms with Crippen LogP contribution in [0.1, 0.15) is 15.9 Å². The smallest absolute Gasteiger partial charge is 0.283 e. The van der Waals surface area contributed by atoms with Crippen molar-refractivity contribution < 1.29 is 19.1 Å². The number of carbonyl (C=O) groups is 3. The molecule has 0 radical (unpaired) electrons. The fraction of sp³-hybridized carbons (Fsp3) is 0.0645. The normalized spacial score (nSPS) is 13.0. The van der Waals surface area contributed by atoms with Gasteiger partial charge in [0.15, 0.2) is 0 Å². The first kappa shape index (κ1) is 28.3. The molecule has 4 aromatic carbocycles. The molecule has 41 heavy (non-hydrogen) atoms. The molecule has 2 N–H and O–H groups in total. The maximum atomic E-state index is 13.6. The monoisotopic (exact) mass is 603 g/mol. The lowest BCUT2D eigenvalue weighted by molar-refractivity contribution is -0.120. The molecule has 0 fully saturated rings. The lowest BCUT2D eigenvalue weighted by atomic mass is 10.2. The lowest BCUT2D eigenvalue weighted by Crippen LogP contribution is -2.32. The van der Waals surface area contributed by atoms with E-state index in [9.17, 15) is 14.4 Å². The molecule has 0 aromatic heterocycles. The van der Waals surface area contributed by atoms with Crippen molar-refractivity contribution in [1.29, 1.82) is 0 Å². The Morgan fingerprint density at radius 2 is 1.61 bits per heavy atom. The van der Waals surface area contributed by atoms with Gasteiger partial charge in [0.05, 0.1) is 29.1 Å². The number of hydrogen-bond acceptors (Lipinski definition) is 6. The number of imide groups is 1. The van der Waals surface area contributed by atoms with E-state index < -0.39 is 11.8 Å². The molecule has 7 nitrogen and oxygen atoms in total. The van der Waals surface area contributed by atoms with Crippen LogP contribution in [0, 0.1) is 6.92 Å². The topological polar surface area (TPSA) is 87.7 Å². The van der Waals surface area contributed by atoms with E-state index in [2.05, 4.69) is 10.6 Å². The minimum Gasteiger partial charge on any atom is -0.495 e. The summed E-state index contributed by atoms with van der Waals surface area (Å²) >= 11 is 13.2. The molecular formula is C31H23Cl2N3O4S. The summed E-state index contributed by atoms with van der Waals surface area (Å²) in [6, 6.07) is 25.9. The van der Waals surface area contributed by atoms with E-state index in [0.717, 1.165) is 22.2 Å². The van der Waals surface area contributed by atoms with Gasteiger partial charge < -0.3 is 15.4 Å². The van der Waals surface area contributed by atoms with Crippen LogP contribution in [0.25, 0.3) is 0 Å². The first-order valence-electron chi connectivity index (χ1n) is 12.4. The van der Waals surface area contributed by atoms with Gasteiger partial charge in [0.25, 0.3) is 17.7 Å². The van der Waals surface area contributed by atoms with Crippen LogP contribution in [0.3, 0.4) is 0 Å². The van der Waals surface area contributed by atoms with Crippen LogP contribution in [-0.2, 0) is 9.59 Å². The fourth-order valence-electron chi connectivity index (χ4n) is 4.18. The Morgan fingerprint density at radius 1 is 0.878 bits per heavy atom. The van der Waals surface area contributed by atoms with Crippen LogP contribution < -0.4 is 20.3 Å². The average molecular weight is 605 g/mol. The second kappa shape index (κ2) is 12.1. The molecule has 5 rings (SSSR count). The number of ether oxygens (including phenoxy) is 1. The van der Waals surface area contributed by atoms with Gasteiger partial charge in [0, 0.05) is 15.6 Å². The Bertz CT molecular complexity index is 1690. The Kier molecular flexibility index (Phi) is 8.35. The van der Waals surface area contributed by atoms with Crippen LogP contribution in [0.5, 0.6) is 5.75 Å². The molecule has 0 spiro atoms. The van der Waals surface area contributed by atoms with Gasteiger partial charge in [-0.05, 0) is 79.2 Å². The summed E-state index contributed by atoms with van der Waals surface area (Å²) in [5.74, 6) is -0.777. The van der Waals surface area contributed by atoms with E-state index in [1.807, 2.05) is 25.1 Å². The number of rotatable bonds is 8. The Morgan fingerprint density at radius 3 is 2.29 bits per heavy atom. The highest BCUT2D eigenvalue weighted by atomic mass is 35.5. The Balaban J connectivity index is 1.43. The number of para-hydroxylation sites is 1. The number of nitrogens with one attached hydrogen (secondary N) is 2. The molecule has 0 bridgehead atoms. The number of halogens is 2. The van der Waals surface area contributed by atoms with Crippen LogP contribution >= 0.6 is 35.0 Å². The van der Waals surface area contributed by atoms with E-state index in [-0.39, 0.29) is 27.1 Å². The molecule has 1 aliphatic heterocycles. The van der Waals surface area contributed by atoms with Gasteiger partial charge in [-0.25, -0.2) is 4.90 Å². The summed E-state index contributed by atoms with van der Waals surface area (Å²) in [6.07, 6.45) is 0. The van der Waals surface area contributed by atoms with Gasteiger partial charge in [-0.3, -0.25) is 14.4 Å². The number of hydrogen-bond donors (Lipinski definition) is 2. The standard InChI is InChI=1S/C31H23Cl2N3O4S/c1-18-8-15-26(40-2)25(16-18)35-27-28(31(39)36(30(27)38)21-6-4-3-5-7-21)41-22-12-10-20(11-13-22)34-29(37)23-14-9-19(32)17-24(23)33/h3-17,35H,1-2H3,(H,34,37). The summed E-state index contributed by atoms with van der Waals surface area (Å²) in [5, 5.41) is 6.63. The Hall–Kier alpha value is -4.24. The molecule has 0 aliphatic carbocycles. The number of thioether (sulfide) groups is 1. The zero-order valence-corrected chi connectivity index (χ0v) is 24.2. The van der Waals surface area contributed by atoms with Gasteiger partial charge in [0.1, 0.15) is 16.4 Å². The summed E-state index contributed by atoms with van der Waals surface area (Å²) in [7, 11) is 1.54. The van der Waals surface area contributed by atoms with Crippen molar-refractivity contribution in [2.75, 3.05) is 22.6 Å². The minimum absolute atomic E-state index is 0.141. The van der Waals surface area contributed by atoms with Crippen LogP contribution in [-0.4, -0.2) is 24.8 Å². The molecule has 0 unspecified atom stereocenters. The van der Waals surface area contributed by atoms with E-state index in [1.165, 1.54) is 6.07 Å². The second-order valence-corrected chi connectivity index (χ2v) is 10.9. The predicted octanol–water partition coefficient (Wildman–Crippen LogP) is 7.55. The zero-order chi connectivity index (χ0) is 29.1. The Labute approximate surface area is 251 Å². The molecule has 0 atom stereocenters.